The summed E-state index contributed by atoms with van der Waals surface area (Å²) in [6.45, 7) is -0.667. The van der Waals surface area contributed by atoms with Crippen LogP contribution in [-0.2, 0) is 6.42 Å². The van der Waals surface area contributed by atoms with E-state index < -0.39 is 6.75 Å². The molecular weight excluding hydrogens is 166 g/mol. The average Bonchev–Trinajstić information content (AvgIpc) is 2.58. The first-order chi connectivity index (χ1) is 8.23. The molecule has 0 aliphatic carbocycles. The Morgan fingerprint density at radius 2 is 2.38 bits per heavy atom. The highest BCUT2D eigenvalue weighted by Crippen LogP contribution is 2.32. The third-order valence-electron chi connectivity index (χ3n) is 1.61. The third kappa shape index (κ3) is 1.75. The van der Waals surface area contributed by atoms with Crippen molar-refractivity contribution in [2.45, 2.75) is 19.4 Å². The van der Waals surface area contributed by atoms with Crippen LogP contribution in [-0.4, -0.2) is 12.8 Å². The zero-order chi connectivity index (χ0) is 13.7. The van der Waals surface area contributed by atoms with Crippen LogP contribution in [0.3, 0.4) is 0 Å². The van der Waals surface area contributed by atoms with Gasteiger partial charge in [0.05, 0.1) is 4.11 Å². The van der Waals surface area contributed by atoms with Crippen LogP contribution in [0.1, 0.15) is 19.3 Å². The Kier molecular flexibility index (Phi) is 1.09. The van der Waals surface area contributed by atoms with E-state index in [9.17, 15) is 0 Å². The zero-order valence-electron chi connectivity index (χ0n) is 12.2. The maximum atomic E-state index is 7.90. The summed E-state index contributed by atoms with van der Waals surface area (Å²) in [4.78, 5) is 0. The summed E-state index contributed by atoms with van der Waals surface area (Å²) in [5.41, 5.74) is 5.91. The summed E-state index contributed by atoms with van der Waals surface area (Å²) in [6, 6.07) is -0.852. The molecule has 0 aromatic heterocycles. The van der Waals surface area contributed by atoms with Crippen LogP contribution in [0.5, 0.6) is 11.5 Å². The quantitative estimate of drug-likeness (QED) is 0.753. The van der Waals surface area contributed by atoms with Crippen molar-refractivity contribution in [3.8, 4) is 11.5 Å². The minimum atomic E-state index is -2.40. The van der Waals surface area contributed by atoms with Crippen LogP contribution in [0.4, 0.5) is 0 Å². The number of rotatable bonds is 2. The summed E-state index contributed by atoms with van der Waals surface area (Å²) in [5, 5.41) is 0. The molecule has 3 nitrogen and oxygen atoms in total. The molecule has 0 spiro atoms. The van der Waals surface area contributed by atoms with Gasteiger partial charge in [-0.3, -0.25) is 0 Å². The average molecular weight is 184 g/mol. The molecule has 1 aliphatic rings. The fourth-order valence-corrected chi connectivity index (χ4v) is 1.09. The highest BCUT2D eigenvalue weighted by atomic mass is 16.7. The van der Waals surface area contributed by atoms with Gasteiger partial charge in [0.1, 0.15) is 2.74 Å². The van der Waals surface area contributed by atoms with Gasteiger partial charge in [-0.25, -0.2) is 0 Å². The monoisotopic (exact) mass is 184 g/mol. The van der Waals surface area contributed by atoms with E-state index in [0.29, 0.717) is 0 Å². The summed E-state index contributed by atoms with van der Waals surface area (Å²) < 4.78 is 47.8. The number of nitrogens with two attached hydrogens (primary N) is 1. The minimum absolute atomic E-state index is 0.128. The molecule has 0 amide bonds. The van der Waals surface area contributed by atoms with Crippen LogP contribution >= 0.6 is 0 Å². The second kappa shape index (κ2) is 3.26. The van der Waals surface area contributed by atoms with Gasteiger partial charge in [0.15, 0.2) is 11.5 Å². The summed E-state index contributed by atoms with van der Waals surface area (Å²) in [5.74, 6) is -0.319. The minimum Gasteiger partial charge on any atom is -0.454 e. The van der Waals surface area contributed by atoms with Gasteiger partial charge in [-0.1, -0.05) is 6.04 Å². The highest BCUT2D eigenvalue weighted by molar-refractivity contribution is 5.44. The Morgan fingerprint density at radius 3 is 3.15 bits per heavy atom. The smallest absolute Gasteiger partial charge is 0.231 e. The van der Waals surface area contributed by atoms with E-state index in [0.717, 1.165) is 0 Å². The molecule has 0 saturated carbocycles. The molecule has 1 aromatic rings. The van der Waals surface area contributed by atoms with Crippen molar-refractivity contribution < 1.29 is 16.3 Å². The third-order valence-corrected chi connectivity index (χ3v) is 1.61. The lowest BCUT2D eigenvalue weighted by Gasteiger charge is -2.05. The maximum Gasteiger partial charge on any atom is 0.231 e. The molecule has 2 N–H and O–H groups in total. The Bertz CT molecular complexity index is 497. The van der Waals surface area contributed by atoms with E-state index >= 15 is 0 Å². The molecule has 3 heteroatoms. The lowest BCUT2D eigenvalue weighted by Crippen LogP contribution is -2.17. The van der Waals surface area contributed by atoms with Crippen molar-refractivity contribution in [1.82, 2.24) is 0 Å². The molecular formula is C10H13NO2. The number of fused-ring (bicyclic) bond motifs is 1. The lowest BCUT2D eigenvalue weighted by atomic mass is 10.1. The normalized spacial score (nSPS) is 25.2. The number of hydrogen-bond acceptors (Lipinski definition) is 3. The second-order valence-electron chi connectivity index (χ2n) is 2.98. The molecule has 1 heterocycles. The number of benzene rings is 1. The molecule has 0 fully saturated rings. The van der Waals surface area contributed by atoms with E-state index in [1.807, 2.05) is 0 Å². The first kappa shape index (κ1) is 4.33. The largest absolute Gasteiger partial charge is 0.454 e. The van der Waals surface area contributed by atoms with Crippen molar-refractivity contribution in [3.63, 3.8) is 0 Å². The molecule has 70 valence electrons. The van der Waals surface area contributed by atoms with Crippen LogP contribution in [0, 0.1) is 0 Å². The van der Waals surface area contributed by atoms with E-state index in [4.69, 9.17) is 22.1 Å². The van der Waals surface area contributed by atoms with E-state index in [1.54, 1.807) is 6.92 Å². The van der Waals surface area contributed by atoms with Crippen LogP contribution < -0.4 is 15.2 Å². The van der Waals surface area contributed by atoms with E-state index in [2.05, 4.69) is 0 Å². The highest BCUT2D eigenvalue weighted by Gasteiger charge is 2.13. The van der Waals surface area contributed by atoms with Gasteiger partial charge in [-0.05, 0) is 31.0 Å². The van der Waals surface area contributed by atoms with Gasteiger partial charge in [0.25, 0.3) is 0 Å². The van der Waals surface area contributed by atoms with Crippen molar-refractivity contribution in [2.24, 2.45) is 5.73 Å². The fourth-order valence-electron chi connectivity index (χ4n) is 1.09. The molecule has 1 atom stereocenters. The van der Waals surface area contributed by atoms with Crippen LogP contribution in [0.15, 0.2) is 18.1 Å². The van der Waals surface area contributed by atoms with Crippen molar-refractivity contribution in [3.05, 3.63) is 23.7 Å². The zero-order valence-corrected chi connectivity index (χ0v) is 7.18. The standard InChI is InChI=1S/C10H13NO2/c1-7(11)4-8-2-3-9-10(5-8)13-6-12-9/h2-3,5,7H,4,6,11H2,1H3/i2D,3D,5D,6D2. The van der Waals surface area contributed by atoms with Gasteiger partial charge in [-0.2, -0.15) is 0 Å². The Morgan fingerprint density at radius 1 is 1.62 bits per heavy atom. The van der Waals surface area contributed by atoms with Gasteiger partial charge in [0, 0.05) is 6.04 Å². The maximum absolute atomic E-state index is 7.90. The van der Waals surface area contributed by atoms with Gasteiger partial charge in [-0.15, -0.1) is 0 Å². The SMILES string of the molecule is [2H]c1c([2H])c2c(c([2H])c1CC(C)N)OC([2H])([2H])O2. The number of hydrogen-bond donors (Lipinski definition) is 1. The van der Waals surface area contributed by atoms with Crippen molar-refractivity contribution >= 4 is 0 Å². The van der Waals surface area contributed by atoms with E-state index in [-0.39, 0.29) is 47.7 Å². The molecule has 1 aromatic carbocycles. The number of ether oxygens (including phenoxy) is 2. The summed E-state index contributed by atoms with van der Waals surface area (Å²) >= 11 is 0. The topological polar surface area (TPSA) is 44.5 Å². The van der Waals surface area contributed by atoms with Crippen LogP contribution in [0.2, 0.25) is 0 Å². The van der Waals surface area contributed by atoms with Crippen molar-refractivity contribution in [1.29, 1.82) is 0 Å². The Labute approximate surface area is 84.5 Å². The second-order valence-corrected chi connectivity index (χ2v) is 2.98. The molecule has 1 aliphatic heterocycles. The molecule has 13 heavy (non-hydrogen) atoms. The van der Waals surface area contributed by atoms with Gasteiger partial charge in [0.2, 0.25) is 6.75 Å². The Balaban J connectivity index is 2.58. The summed E-state index contributed by atoms with van der Waals surface area (Å²) in [6.07, 6.45) is 0.253. The molecule has 1 unspecified atom stereocenters. The first-order valence-electron chi connectivity index (χ1n) is 6.49. The predicted octanol–water partition coefficient (Wildman–Crippen LogP) is 1.30. The van der Waals surface area contributed by atoms with Crippen LogP contribution in [0.25, 0.3) is 0 Å². The molecule has 0 radical (unpaired) electrons. The van der Waals surface area contributed by atoms with Gasteiger partial charge < -0.3 is 15.2 Å². The molecule has 2 rings (SSSR count). The van der Waals surface area contributed by atoms with Gasteiger partial charge >= 0.3 is 0 Å². The van der Waals surface area contributed by atoms with Crippen molar-refractivity contribution in [2.75, 3.05) is 6.75 Å². The predicted molar refractivity (Wildman–Crippen MR) is 49.9 cm³/mol. The molecule has 0 saturated heterocycles. The fraction of sp³-hybridized carbons (Fsp3) is 0.400. The Hall–Kier alpha value is -1.22. The molecule has 0 bridgehead atoms. The lowest BCUT2D eigenvalue weighted by molar-refractivity contribution is 0.174. The summed E-state index contributed by atoms with van der Waals surface area (Å²) in [7, 11) is 0. The first-order valence-corrected chi connectivity index (χ1v) is 3.99. The van der Waals surface area contributed by atoms with E-state index in [1.165, 1.54) is 0 Å².